The molecule has 4 rings (SSSR count). The van der Waals surface area contributed by atoms with Crippen LogP contribution in [0.1, 0.15) is 56.5 Å². The molecule has 6 heteroatoms. The summed E-state index contributed by atoms with van der Waals surface area (Å²) < 4.78 is 6.17. The molecule has 0 bridgehead atoms. The molecule has 0 radical (unpaired) electrons. The Hall–Kier alpha value is -3.72. The highest BCUT2D eigenvalue weighted by atomic mass is 16.6. The van der Waals surface area contributed by atoms with Gasteiger partial charge in [0.1, 0.15) is 5.60 Å². The Balaban J connectivity index is 1.54. The summed E-state index contributed by atoms with van der Waals surface area (Å²) in [7, 11) is 0. The summed E-state index contributed by atoms with van der Waals surface area (Å²) in [6, 6.07) is 23.9. The Kier molecular flexibility index (Phi) is 6.39. The molecule has 1 aromatic heterocycles. The fourth-order valence-electron chi connectivity index (χ4n) is 4.61. The van der Waals surface area contributed by atoms with Crippen molar-refractivity contribution in [2.45, 2.75) is 52.2 Å². The zero-order chi connectivity index (χ0) is 24.3. The molecule has 34 heavy (non-hydrogen) atoms. The first-order chi connectivity index (χ1) is 16.2. The minimum Gasteiger partial charge on any atom is -0.438 e. The van der Waals surface area contributed by atoms with Crippen LogP contribution in [-0.2, 0) is 10.3 Å². The summed E-state index contributed by atoms with van der Waals surface area (Å²) >= 11 is 0. The van der Waals surface area contributed by atoms with E-state index in [0.717, 1.165) is 28.1 Å². The van der Waals surface area contributed by atoms with Crippen molar-refractivity contribution >= 4 is 6.09 Å². The van der Waals surface area contributed by atoms with E-state index in [1.54, 1.807) is 4.90 Å². The van der Waals surface area contributed by atoms with Gasteiger partial charge in [0.25, 0.3) is 0 Å². The predicted molar refractivity (Wildman–Crippen MR) is 131 cm³/mol. The van der Waals surface area contributed by atoms with E-state index in [1.165, 1.54) is 0 Å². The summed E-state index contributed by atoms with van der Waals surface area (Å²) in [5.74, 6) is 0. The normalized spacial score (nSPS) is 19.3. The quantitative estimate of drug-likeness (QED) is 0.444. The molecule has 174 valence electrons. The van der Waals surface area contributed by atoms with E-state index in [4.69, 9.17) is 4.74 Å². The van der Waals surface area contributed by atoms with Crippen LogP contribution in [0.2, 0.25) is 0 Å². The van der Waals surface area contributed by atoms with Crippen LogP contribution in [0.15, 0.2) is 66.7 Å². The van der Waals surface area contributed by atoms with Gasteiger partial charge in [-0.15, -0.1) is 0 Å². The van der Waals surface area contributed by atoms with Crippen LogP contribution in [0.25, 0.3) is 11.3 Å². The predicted octanol–water partition coefficient (Wildman–Crippen LogP) is 6.19. The number of nitrogens with zero attached hydrogens (tertiary/aromatic N) is 4. The lowest BCUT2D eigenvalue weighted by Crippen LogP contribution is -2.50. The summed E-state index contributed by atoms with van der Waals surface area (Å²) in [6.45, 7) is 8.24. The number of carbonyl (C=O) groups is 1. The summed E-state index contributed by atoms with van der Waals surface area (Å²) in [5.41, 5.74) is 3.18. The highest BCUT2D eigenvalue weighted by Crippen LogP contribution is 2.44. The average Bonchev–Trinajstić information content (AvgIpc) is 2.85. The van der Waals surface area contributed by atoms with Crippen molar-refractivity contribution in [1.29, 1.82) is 5.26 Å². The molecule has 1 aliphatic rings. The van der Waals surface area contributed by atoms with Gasteiger partial charge in [0.2, 0.25) is 0 Å². The standard InChI is InChI=1S/C28H30N4O2/c1-20-10-15-25(31-30-20)23-13-11-22(12-14-23)21(2)32-17-16-28(34-26(32)33,18-27(3,4)19-29)24-8-6-5-7-9-24/h5-15,21H,16-18H2,1-4H3/t21-,28?/m0/s1. The number of benzene rings is 2. The molecule has 2 heterocycles. The van der Waals surface area contributed by atoms with Crippen molar-refractivity contribution in [2.24, 2.45) is 5.41 Å². The van der Waals surface area contributed by atoms with Crippen molar-refractivity contribution in [3.63, 3.8) is 0 Å². The summed E-state index contributed by atoms with van der Waals surface area (Å²) in [4.78, 5) is 15.1. The lowest BCUT2D eigenvalue weighted by atomic mass is 9.75. The number of hydrogen-bond acceptors (Lipinski definition) is 5. The molecule has 1 aliphatic heterocycles. The van der Waals surface area contributed by atoms with Gasteiger partial charge in [-0.3, -0.25) is 0 Å². The molecule has 1 fully saturated rings. The van der Waals surface area contributed by atoms with E-state index >= 15 is 0 Å². The van der Waals surface area contributed by atoms with Crippen LogP contribution in [0.4, 0.5) is 4.79 Å². The molecular formula is C28H30N4O2. The van der Waals surface area contributed by atoms with Gasteiger partial charge in [-0.05, 0) is 51.0 Å². The van der Waals surface area contributed by atoms with Crippen molar-refractivity contribution < 1.29 is 9.53 Å². The fraction of sp³-hybridized carbons (Fsp3) is 0.357. The Morgan fingerprint density at radius 2 is 1.79 bits per heavy atom. The first kappa shape index (κ1) is 23.4. The van der Waals surface area contributed by atoms with E-state index in [-0.39, 0.29) is 12.1 Å². The van der Waals surface area contributed by atoms with Gasteiger partial charge in [0.15, 0.2) is 0 Å². The highest BCUT2D eigenvalue weighted by Gasteiger charge is 2.46. The Morgan fingerprint density at radius 1 is 1.09 bits per heavy atom. The molecule has 0 spiro atoms. The van der Waals surface area contributed by atoms with E-state index < -0.39 is 11.0 Å². The van der Waals surface area contributed by atoms with E-state index in [1.807, 2.05) is 94.4 Å². The molecule has 0 aliphatic carbocycles. The minimum atomic E-state index is -0.818. The SMILES string of the molecule is Cc1ccc(-c2ccc([C@H](C)N3CCC(CC(C)(C)C#N)(c4ccccc4)OC3=O)cc2)nn1. The van der Waals surface area contributed by atoms with E-state index in [9.17, 15) is 10.1 Å². The Labute approximate surface area is 201 Å². The molecule has 2 aromatic carbocycles. The number of aromatic nitrogens is 2. The van der Waals surface area contributed by atoms with Crippen molar-refractivity contribution in [3.05, 3.63) is 83.6 Å². The minimum absolute atomic E-state index is 0.150. The maximum atomic E-state index is 13.3. The second-order valence-corrected chi connectivity index (χ2v) is 9.70. The third kappa shape index (κ3) is 4.79. The maximum Gasteiger partial charge on any atom is 0.411 e. The Morgan fingerprint density at radius 3 is 2.38 bits per heavy atom. The molecule has 6 nitrogen and oxygen atoms in total. The summed E-state index contributed by atoms with van der Waals surface area (Å²) in [5, 5.41) is 18.0. The third-order valence-electron chi connectivity index (χ3n) is 6.56. The third-order valence-corrected chi connectivity index (χ3v) is 6.56. The van der Waals surface area contributed by atoms with Crippen LogP contribution < -0.4 is 0 Å². The highest BCUT2D eigenvalue weighted by molar-refractivity contribution is 5.70. The molecule has 3 aromatic rings. The maximum absolute atomic E-state index is 13.3. The summed E-state index contributed by atoms with van der Waals surface area (Å²) in [6.07, 6.45) is 0.709. The monoisotopic (exact) mass is 454 g/mol. The molecule has 1 amide bonds. The van der Waals surface area contributed by atoms with E-state index in [0.29, 0.717) is 19.4 Å². The first-order valence-corrected chi connectivity index (χ1v) is 11.6. The van der Waals surface area contributed by atoms with Gasteiger partial charge >= 0.3 is 6.09 Å². The van der Waals surface area contributed by atoms with Crippen LogP contribution in [0.3, 0.4) is 0 Å². The van der Waals surface area contributed by atoms with Gasteiger partial charge in [-0.1, -0.05) is 54.6 Å². The van der Waals surface area contributed by atoms with Crippen LogP contribution in [0, 0.1) is 23.7 Å². The second-order valence-electron chi connectivity index (χ2n) is 9.70. The van der Waals surface area contributed by atoms with Crippen molar-refractivity contribution in [2.75, 3.05) is 6.54 Å². The zero-order valence-corrected chi connectivity index (χ0v) is 20.2. The number of aryl methyl sites for hydroxylation is 1. The topological polar surface area (TPSA) is 79.1 Å². The molecular weight excluding hydrogens is 424 g/mol. The Bertz CT molecular complexity index is 1180. The molecule has 1 saturated heterocycles. The lowest BCUT2D eigenvalue weighted by Gasteiger charge is -2.45. The number of cyclic esters (lactones) is 1. The molecule has 1 unspecified atom stereocenters. The number of nitriles is 1. The number of rotatable bonds is 6. The number of hydrogen-bond donors (Lipinski definition) is 0. The largest absolute Gasteiger partial charge is 0.438 e. The van der Waals surface area contributed by atoms with Gasteiger partial charge in [0.05, 0.1) is 28.9 Å². The van der Waals surface area contributed by atoms with Gasteiger partial charge < -0.3 is 9.64 Å². The molecule has 0 N–H and O–H groups in total. The first-order valence-electron chi connectivity index (χ1n) is 11.6. The van der Waals surface area contributed by atoms with Crippen molar-refractivity contribution in [1.82, 2.24) is 15.1 Å². The van der Waals surface area contributed by atoms with E-state index in [2.05, 4.69) is 16.3 Å². The number of ether oxygens (including phenoxy) is 1. The van der Waals surface area contributed by atoms with Crippen molar-refractivity contribution in [3.8, 4) is 17.3 Å². The fourth-order valence-corrected chi connectivity index (χ4v) is 4.61. The second kappa shape index (κ2) is 9.26. The lowest BCUT2D eigenvalue weighted by molar-refractivity contribution is -0.0770. The molecule has 0 saturated carbocycles. The van der Waals surface area contributed by atoms with Gasteiger partial charge in [-0.2, -0.15) is 15.5 Å². The average molecular weight is 455 g/mol. The molecule has 2 atom stereocenters. The van der Waals surface area contributed by atoms with Crippen LogP contribution >= 0.6 is 0 Å². The van der Waals surface area contributed by atoms with Crippen LogP contribution in [-0.4, -0.2) is 27.7 Å². The van der Waals surface area contributed by atoms with Gasteiger partial charge in [-0.25, -0.2) is 4.79 Å². The zero-order valence-electron chi connectivity index (χ0n) is 20.2. The number of carbonyl (C=O) groups excluding carboxylic acids is 1. The number of amides is 1. The smallest absolute Gasteiger partial charge is 0.411 e. The van der Waals surface area contributed by atoms with Gasteiger partial charge in [0, 0.05) is 24.9 Å². The van der Waals surface area contributed by atoms with Crippen LogP contribution in [0.5, 0.6) is 0 Å².